The lowest BCUT2D eigenvalue weighted by Gasteiger charge is -2.11. The van der Waals surface area contributed by atoms with E-state index in [0.29, 0.717) is 5.92 Å². The van der Waals surface area contributed by atoms with Gasteiger partial charge in [-0.2, -0.15) is 0 Å². The number of benzene rings is 1. The number of nitrogens with one attached hydrogen (secondary N) is 1. The highest BCUT2D eigenvalue weighted by atomic mass is 35.5. The van der Waals surface area contributed by atoms with Gasteiger partial charge in [-0.25, -0.2) is 0 Å². The summed E-state index contributed by atoms with van der Waals surface area (Å²) in [4.78, 5) is 0. The van der Waals surface area contributed by atoms with Crippen LogP contribution in [0.3, 0.4) is 0 Å². The molecular weight excluding hydrogens is 196 g/mol. The minimum atomic E-state index is 0. The number of hydrogen-bond acceptors (Lipinski definition) is 2. The van der Waals surface area contributed by atoms with Crippen LogP contribution in [0.4, 0.5) is 0 Å². The highest BCUT2D eigenvalue weighted by Crippen LogP contribution is 2.25. The Hall–Kier alpha value is -0.570. The Labute approximate surface area is 90.2 Å². The lowest BCUT2D eigenvalue weighted by atomic mass is 9.96. The summed E-state index contributed by atoms with van der Waals surface area (Å²) in [5.41, 5.74) is 2.86. The molecule has 1 unspecified atom stereocenters. The van der Waals surface area contributed by atoms with Gasteiger partial charge in [0.25, 0.3) is 0 Å². The molecule has 14 heavy (non-hydrogen) atoms. The molecule has 1 aliphatic heterocycles. The molecule has 0 fully saturated rings. The molecule has 0 aliphatic carbocycles. The van der Waals surface area contributed by atoms with Gasteiger partial charge in [-0.15, -0.1) is 0 Å². The van der Waals surface area contributed by atoms with Gasteiger partial charge in [-0.05, 0) is 42.1 Å². The highest BCUT2D eigenvalue weighted by Gasteiger charge is 2.13. The second-order valence-electron chi connectivity index (χ2n) is 3.70. The minimum absolute atomic E-state index is 0. The van der Waals surface area contributed by atoms with E-state index in [9.17, 15) is 0 Å². The largest absolute Gasteiger partial charge is 0.344 e. The lowest BCUT2D eigenvalue weighted by Crippen LogP contribution is -2.18. The minimum Gasteiger partial charge on any atom is -0.344 e. The van der Waals surface area contributed by atoms with Crippen molar-refractivity contribution in [3.05, 3.63) is 34.3 Å². The highest BCUT2D eigenvalue weighted by molar-refractivity contribution is 6.30. The maximum absolute atomic E-state index is 5.97. The molecule has 1 atom stereocenters. The molecule has 3 heteroatoms. The SMILES string of the molecule is CC1CNCCc2ccc(Cl)cc21.N. The van der Waals surface area contributed by atoms with E-state index in [1.54, 1.807) is 0 Å². The van der Waals surface area contributed by atoms with E-state index < -0.39 is 0 Å². The standard InChI is InChI=1S/C11H14ClN.H3N/c1-8-7-13-5-4-9-2-3-10(12)6-11(8)9;/h2-3,6,8,13H,4-5,7H2,1H3;1H3. The zero-order valence-corrected chi connectivity index (χ0v) is 9.27. The van der Waals surface area contributed by atoms with Crippen LogP contribution in [0.2, 0.25) is 5.02 Å². The van der Waals surface area contributed by atoms with Gasteiger partial charge in [0.2, 0.25) is 0 Å². The van der Waals surface area contributed by atoms with Crippen molar-refractivity contribution in [2.24, 2.45) is 0 Å². The molecule has 0 aromatic heterocycles. The maximum atomic E-state index is 5.97. The summed E-state index contributed by atoms with van der Waals surface area (Å²) in [6.45, 7) is 4.39. The van der Waals surface area contributed by atoms with E-state index in [1.807, 2.05) is 6.07 Å². The maximum Gasteiger partial charge on any atom is 0.0409 e. The first-order chi connectivity index (χ1) is 6.27. The van der Waals surface area contributed by atoms with Crippen molar-refractivity contribution < 1.29 is 0 Å². The summed E-state index contributed by atoms with van der Waals surface area (Å²) in [7, 11) is 0. The molecule has 0 spiro atoms. The van der Waals surface area contributed by atoms with Gasteiger partial charge in [-0.3, -0.25) is 0 Å². The summed E-state index contributed by atoms with van der Waals surface area (Å²) in [6.07, 6.45) is 1.12. The Morgan fingerprint density at radius 2 is 2.21 bits per heavy atom. The Morgan fingerprint density at radius 3 is 3.00 bits per heavy atom. The van der Waals surface area contributed by atoms with Gasteiger partial charge in [0.05, 0.1) is 0 Å². The molecule has 2 rings (SSSR count). The van der Waals surface area contributed by atoms with Gasteiger partial charge in [-0.1, -0.05) is 24.6 Å². The molecule has 1 heterocycles. The molecule has 78 valence electrons. The van der Waals surface area contributed by atoms with E-state index in [0.717, 1.165) is 24.5 Å². The van der Waals surface area contributed by atoms with Crippen molar-refractivity contribution in [3.63, 3.8) is 0 Å². The summed E-state index contributed by atoms with van der Waals surface area (Å²) in [6, 6.07) is 6.24. The van der Waals surface area contributed by atoms with Crippen LogP contribution in [0.25, 0.3) is 0 Å². The fourth-order valence-corrected chi connectivity index (χ4v) is 2.08. The van der Waals surface area contributed by atoms with E-state index in [4.69, 9.17) is 11.6 Å². The van der Waals surface area contributed by atoms with Gasteiger partial charge in [0.1, 0.15) is 0 Å². The van der Waals surface area contributed by atoms with E-state index in [2.05, 4.69) is 24.4 Å². The van der Waals surface area contributed by atoms with Crippen molar-refractivity contribution in [2.75, 3.05) is 13.1 Å². The summed E-state index contributed by atoms with van der Waals surface area (Å²) in [5.74, 6) is 0.580. The molecule has 2 nitrogen and oxygen atoms in total. The van der Waals surface area contributed by atoms with Gasteiger partial charge in [0, 0.05) is 11.6 Å². The average Bonchev–Trinajstić information content (AvgIpc) is 2.29. The first-order valence-electron chi connectivity index (χ1n) is 4.76. The molecule has 0 saturated heterocycles. The van der Waals surface area contributed by atoms with Gasteiger partial charge in [0.15, 0.2) is 0 Å². The topological polar surface area (TPSA) is 47.0 Å². The number of fused-ring (bicyclic) bond motifs is 1. The Morgan fingerprint density at radius 1 is 1.43 bits per heavy atom. The van der Waals surface area contributed by atoms with Crippen LogP contribution in [-0.2, 0) is 6.42 Å². The third-order valence-electron chi connectivity index (χ3n) is 2.66. The van der Waals surface area contributed by atoms with E-state index in [1.165, 1.54) is 11.1 Å². The third kappa shape index (κ3) is 2.27. The van der Waals surface area contributed by atoms with Crippen molar-refractivity contribution in [1.82, 2.24) is 11.5 Å². The molecule has 1 aromatic rings. The van der Waals surface area contributed by atoms with E-state index >= 15 is 0 Å². The molecule has 0 amide bonds. The second kappa shape index (κ2) is 4.78. The van der Waals surface area contributed by atoms with Crippen LogP contribution >= 0.6 is 11.6 Å². The first-order valence-corrected chi connectivity index (χ1v) is 5.14. The molecular formula is C11H17ClN2. The summed E-state index contributed by atoms with van der Waals surface area (Å²) in [5, 5.41) is 4.27. The predicted molar refractivity (Wildman–Crippen MR) is 61.5 cm³/mol. The molecule has 1 aromatic carbocycles. The van der Waals surface area contributed by atoms with Crippen LogP contribution in [-0.4, -0.2) is 13.1 Å². The summed E-state index contributed by atoms with van der Waals surface area (Å²) >= 11 is 5.97. The van der Waals surface area contributed by atoms with Crippen molar-refractivity contribution in [1.29, 1.82) is 0 Å². The van der Waals surface area contributed by atoms with Crippen molar-refractivity contribution in [3.8, 4) is 0 Å². The van der Waals surface area contributed by atoms with Crippen molar-refractivity contribution in [2.45, 2.75) is 19.3 Å². The Balaban J connectivity index is 0.000000980. The van der Waals surface area contributed by atoms with Gasteiger partial charge >= 0.3 is 0 Å². The normalized spacial score (nSPS) is 20.6. The van der Waals surface area contributed by atoms with Crippen LogP contribution in [0.15, 0.2) is 18.2 Å². The van der Waals surface area contributed by atoms with Crippen LogP contribution < -0.4 is 11.5 Å². The average molecular weight is 213 g/mol. The second-order valence-corrected chi connectivity index (χ2v) is 4.13. The zero-order valence-electron chi connectivity index (χ0n) is 8.52. The summed E-state index contributed by atoms with van der Waals surface area (Å²) < 4.78 is 0. The first kappa shape index (κ1) is 11.5. The molecule has 0 bridgehead atoms. The third-order valence-corrected chi connectivity index (χ3v) is 2.90. The number of rotatable bonds is 0. The zero-order chi connectivity index (χ0) is 9.26. The predicted octanol–water partition coefficient (Wildman–Crippen LogP) is 2.75. The lowest BCUT2D eigenvalue weighted by molar-refractivity contribution is 0.644. The van der Waals surface area contributed by atoms with Crippen LogP contribution in [0, 0.1) is 0 Å². The monoisotopic (exact) mass is 212 g/mol. The Bertz CT molecular complexity index is 312. The molecule has 4 N–H and O–H groups in total. The number of hydrogen-bond donors (Lipinski definition) is 2. The van der Waals surface area contributed by atoms with Crippen molar-refractivity contribution >= 4 is 11.6 Å². The molecule has 0 saturated carbocycles. The van der Waals surface area contributed by atoms with Gasteiger partial charge < -0.3 is 11.5 Å². The fourth-order valence-electron chi connectivity index (χ4n) is 1.90. The van der Waals surface area contributed by atoms with E-state index in [-0.39, 0.29) is 6.15 Å². The van der Waals surface area contributed by atoms with Crippen LogP contribution in [0.1, 0.15) is 24.0 Å². The smallest absolute Gasteiger partial charge is 0.0409 e. The van der Waals surface area contributed by atoms with Crippen LogP contribution in [0.5, 0.6) is 0 Å². The fraction of sp³-hybridized carbons (Fsp3) is 0.455. The Kier molecular flexibility index (Phi) is 3.93. The molecule has 0 radical (unpaired) electrons. The number of halogens is 1. The molecule has 1 aliphatic rings. The quantitative estimate of drug-likeness (QED) is 0.695.